The van der Waals surface area contributed by atoms with E-state index in [9.17, 15) is 0 Å². The van der Waals surface area contributed by atoms with E-state index >= 15 is 0 Å². The largest absolute Gasteiger partial charge is 0.0561 e. The first-order chi connectivity index (χ1) is 7.57. The minimum atomic E-state index is 0.325. The van der Waals surface area contributed by atoms with E-state index in [0.717, 1.165) is 0 Å². The summed E-state index contributed by atoms with van der Waals surface area (Å²) in [6, 6.07) is 2.53. The van der Waals surface area contributed by atoms with Crippen LogP contribution in [-0.2, 0) is 31.1 Å². The third kappa shape index (κ3) is 1.43. The summed E-state index contributed by atoms with van der Waals surface area (Å²) < 4.78 is 0. The van der Waals surface area contributed by atoms with Crippen LogP contribution in [0.25, 0.3) is 0 Å². The van der Waals surface area contributed by atoms with Gasteiger partial charge in [0.15, 0.2) is 0 Å². The molecular weight excluding hydrogens is 192 g/mol. The van der Waals surface area contributed by atoms with Crippen molar-refractivity contribution >= 4 is 0 Å². The summed E-state index contributed by atoms with van der Waals surface area (Å²) in [5.41, 5.74) is 8.84. The lowest BCUT2D eigenvalue weighted by Crippen LogP contribution is -2.15. The molecule has 1 aromatic rings. The van der Waals surface area contributed by atoms with Gasteiger partial charge < -0.3 is 0 Å². The molecule has 0 fully saturated rings. The van der Waals surface area contributed by atoms with Gasteiger partial charge in [0.2, 0.25) is 0 Å². The van der Waals surface area contributed by atoms with E-state index in [-0.39, 0.29) is 0 Å². The molecule has 86 valence electrons. The molecule has 0 radical (unpaired) electrons. The van der Waals surface area contributed by atoms with Gasteiger partial charge in [0.1, 0.15) is 0 Å². The fourth-order valence-electron chi connectivity index (χ4n) is 3.58. The molecule has 0 saturated carbocycles. The highest BCUT2D eigenvalue weighted by molar-refractivity contribution is 5.52. The summed E-state index contributed by atoms with van der Waals surface area (Å²) in [4.78, 5) is 0. The van der Waals surface area contributed by atoms with Gasteiger partial charge in [-0.2, -0.15) is 0 Å². The van der Waals surface area contributed by atoms with E-state index < -0.39 is 0 Å². The molecule has 0 bridgehead atoms. The standard InChI is InChI=1S/C16H22/c1-16(2,3)15-10-11-6-4-7-12(11)13-8-5-9-14(13)15/h10H,4-9H2,1-3H3. The first-order valence-corrected chi connectivity index (χ1v) is 6.74. The van der Waals surface area contributed by atoms with Crippen LogP contribution in [0.4, 0.5) is 0 Å². The quantitative estimate of drug-likeness (QED) is 0.613. The molecule has 2 aliphatic carbocycles. The lowest BCUT2D eigenvalue weighted by atomic mass is 9.80. The van der Waals surface area contributed by atoms with Gasteiger partial charge in [-0.3, -0.25) is 0 Å². The second-order valence-electron chi connectivity index (χ2n) is 6.48. The van der Waals surface area contributed by atoms with Crippen LogP contribution >= 0.6 is 0 Å². The number of hydrogen-bond donors (Lipinski definition) is 0. The lowest BCUT2D eigenvalue weighted by molar-refractivity contribution is 0.582. The van der Waals surface area contributed by atoms with Crippen molar-refractivity contribution in [3.8, 4) is 0 Å². The summed E-state index contributed by atoms with van der Waals surface area (Å²) in [5.74, 6) is 0. The van der Waals surface area contributed by atoms with Crippen molar-refractivity contribution in [2.45, 2.75) is 64.7 Å². The average Bonchev–Trinajstić information content (AvgIpc) is 2.82. The maximum Gasteiger partial charge on any atom is -0.0129 e. The van der Waals surface area contributed by atoms with Gasteiger partial charge in [-0.25, -0.2) is 0 Å². The molecule has 0 spiro atoms. The number of fused-ring (bicyclic) bond motifs is 3. The number of aryl methyl sites for hydroxylation is 1. The van der Waals surface area contributed by atoms with E-state index in [1.54, 1.807) is 27.8 Å². The Bertz CT molecular complexity index is 432. The minimum absolute atomic E-state index is 0.325. The normalized spacial score (nSPS) is 18.7. The van der Waals surface area contributed by atoms with Gasteiger partial charge in [0.25, 0.3) is 0 Å². The van der Waals surface area contributed by atoms with Crippen molar-refractivity contribution in [3.63, 3.8) is 0 Å². The molecule has 0 heterocycles. The SMILES string of the molecule is CC(C)(C)c1cc2c(c3c1CCC3)CCC2. The van der Waals surface area contributed by atoms with Gasteiger partial charge in [-0.1, -0.05) is 26.8 Å². The van der Waals surface area contributed by atoms with E-state index in [1.165, 1.54) is 38.5 Å². The summed E-state index contributed by atoms with van der Waals surface area (Å²) in [7, 11) is 0. The van der Waals surface area contributed by atoms with Crippen molar-refractivity contribution in [3.05, 3.63) is 33.9 Å². The number of rotatable bonds is 0. The zero-order valence-electron chi connectivity index (χ0n) is 10.8. The first kappa shape index (κ1) is 10.4. The van der Waals surface area contributed by atoms with Crippen LogP contribution in [0.15, 0.2) is 6.07 Å². The van der Waals surface area contributed by atoms with Gasteiger partial charge in [0.05, 0.1) is 0 Å². The van der Waals surface area contributed by atoms with Crippen LogP contribution in [-0.4, -0.2) is 0 Å². The molecule has 1 aromatic carbocycles. The monoisotopic (exact) mass is 214 g/mol. The molecule has 0 aromatic heterocycles. The van der Waals surface area contributed by atoms with Gasteiger partial charge in [-0.05, 0) is 71.8 Å². The third-order valence-corrected chi connectivity index (χ3v) is 4.29. The van der Waals surface area contributed by atoms with Gasteiger partial charge in [-0.15, -0.1) is 0 Å². The maximum atomic E-state index is 2.53. The highest BCUT2D eigenvalue weighted by Gasteiger charge is 2.28. The molecule has 16 heavy (non-hydrogen) atoms. The Hall–Kier alpha value is -0.780. The highest BCUT2D eigenvalue weighted by Crippen LogP contribution is 2.39. The lowest BCUT2D eigenvalue weighted by Gasteiger charge is -2.25. The molecule has 0 amide bonds. The molecule has 0 heteroatoms. The first-order valence-electron chi connectivity index (χ1n) is 6.74. The Morgan fingerprint density at radius 3 is 2.19 bits per heavy atom. The zero-order chi connectivity index (χ0) is 11.3. The molecule has 2 aliphatic rings. The summed E-state index contributed by atoms with van der Waals surface area (Å²) in [6.07, 6.45) is 8.12. The molecule has 0 nitrogen and oxygen atoms in total. The van der Waals surface area contributed by atoms with Crippen molar-refractivity contribution in [2.24, 2.45) is 0 Å². The van der Waals surface area contributed by atoms with Crippen molar-refractivity contribution in [1.29, 1.82) is 0 Å². The Kier molecular flexibility index (Phi) is 2.18. The van der Waals surface area contributed by atoms with E-state index in [1.807, 2.05) is 0 Å². The van der Waals surface area contributed by atoms with Crippen LogP contribution in [0.5, 0.6) is 0 Å². The van der Waals surface area contributed by atoms with E-state index in [4.69, 9.17) is 0 Å². The highest BCUT2D eigenvalue weighted by atomic mass is 14.3. The average molecular weight is 214 g/mol. The fraction of sp³-hybridized carbons (Fsp3) is 0.625. The number of benzene rings is 1. The number of hydrogen-bond acceptors (Lipinski definition) is 0. The fourth-order valence-corrected chi connectivity index (χ4v) is 3.58. The summed E-state index contributed by atoms with van der Waals surface area (Å²) in [6.45, 7) is 7.09. The Morgan fingerprint density at radius 1 is 0.812 bits per heavy atom. The smallest absolute Gasteiger partial charge is 0.0129 e. The second kappa shape index (κ2) is 3.35. The predicted octanol–water partition coefficient (Wildman–Crippen LogP) is 3.96. The van der Waals surface area contributed by atoms with Crippen molar-refractivity contribution in [1.82, 2.24) is 0 Å². The minimum Gasteiger partial charge on any atom is -0.0561 e. The van der Waals surface area contributed by atoms with E-state index in [0.29, 0.717) is 5.41 Å². The Morgan fingerprint density at radius 2 is 1.44 bits per heavy atom. The summed E-state index contributed by atoms with van der Waals surface area (Å²) in [5, 5.41) is 0. The molecule has 0 unspecified atom stereocenters. The molecular formula is C16H22. The Labute approximate surface area is 99.1 Å². The molecule has 0 atom stereocenters. The molecule has 0 saturated heterocycles. The molecule has 3 rings (SSSR count). The van der Waals surface area contributed by atoms with Gasteiger partial charge in [0, 0.05) is 0 Å². The summed E-state index contributed by atoms with van der Waals surface area (Å²) >= 11 is 0. The maximum absolute atomic E-state index is 2.53. The van der Waals surface area contributed by atoms with Crippen molar-refractivity contribution < 1.29 is 0 Å². The van der Waals surface area contributed by atoms with Crippen LogP contribution in [0.3, 0.4) is 0 Å². The van der Waals surface area contributed by atoms with Gasteiger partial charge >= 0.3 is 0 Å². The van der Waals surface area contributed by atoms with Crippen LogP contribution in [0, 0.1) is 0 Å². The predicted molar refractivity (Wildman–Crippen MR) is 69.2 cm³/mol. The topological polar surface area (TPSA) is 0 Å². The Balaban J connectivity index is 2.24. The molecule has 0 N–H and O–H groups in total. The van der Waals surface area contributed by atoms with Crippen LogP contribution < -0.4 is 0 Å². The van der Waals surface area contributed by atoms with E-state index in [2.05, 4.69) is 26.8 Å². The third-order valence-electron chi connectivity index (χ3n) is 4.29. The molecule has 0 aliphatic heterocycles. The van der Waals surface area contributed by atoms with Crippen LogP contribution in [0.1, 0.15) is 61.4 Å². The zero-order valence-corrected chi connectivity index (χ0v) is 10.8. The van der Waals surface area contributed by atoms with Crippen LogP contribution in [0.2, 0.25) is 0 Å². The van der Waals surface area contributed by atoms with Crippen molar-refractivity contribution in [2.75, 3.05) is 0 Å². The second-order valence-corrected chi connectivity index (χ2v) is 6.48.